The van der Waals surface area contributed by atoms with Gasteiger partial charge in [-0.1, -0.05) is 0 Å². The molecular weight excluding hydrogens is 694 g/mol. The summed E-state index contributed by atoms with van der Waals surface area (Å²) >= 11 is -4.66. The van der Waals surface area contributed by atoms with Gasteiger partial charge in [0.1, 0.15) is 45.9 Å². The number of hydrogen-bond acceptors (Lipinski definition) is 6. The van der Waals surface area contributed by atoms with Gasteiger partial charge in [0.15, 0.2) is 46.6 Å². The molecule has 2 aromatic heterocycles. The lowest BCUT2D eigenvalue weighted by Gasteiger charge is -2.13. The van der Waals surface area contributed by atoms with Crippen LogP contribution in [0.15, 0.2) is 78.5 Å². The van der Waals surface area contributed by atoms with Gasteiger partial charge in [0.2, 0.25) is 0 Å². The van der Waals surface area contributed by atoms with Crippen LogP contribution in [0, 0.1) is 46.5 Å². The van der Waals surface area contributed by atoms with E-state index in [4.69, 9.17) is 0 Å². The maximum absolute atomic E-state index is 17.8. The number of amidine groups is 4. The third-order valence-electron chi connectivity index (χ3n) is 8.80. The summed E-state index contributed by atoms with van der Waals surface area (Å²) in [7, 11) is 0. The second-order valence-electron chi connectivity index (χ2n) is 11.5. The van der Waals surface area contributed by atoms with Crippen molar-refractivity contribution in [3.8, 4) is 0 Å². The average Bonchev–Trinajstić information content (AvgIpc) is 3.78. The normalized spacial score (nSPS) is 15.3. The number of aromatic nitrogens is 2. The van der Waals surface area contributed by atoms with E-state index in [2.05, 4.69) is 30.0 Å². The average molecular weight is 702 g/mol. The molecular formula is C32H8AlF9N8. The van der Waals surface area contributed by atoms with E-state index in [1.165, 1.54) is 0 Å². The highest BCUT2D eigenvalue weighted by atomic mass is 27.3. The van der Waals surface area contributed by atoms with Crippen LogP contribution < -0.4 is 11.0 Å². The van der Waals surface area contributed by atoms with Crippen LogP contribution in [-0.4, -0.2) is 45.5 Å². The predicted molar refractivity (Wildman–Crippen MR) is 162 cm³/mol. The van der Waals surface area contributed by atoms with E-state index in [0.29, 0.717) is 24.3 Å². The topological polar surface area (TPSA) is 84.0 Å². The van der Waals surface area contributed by atoms with Crippen LogP contribution >= 0.6 is 0 Å². The van der Waals surface area contributed by atoms with Gasteiger partial charge in [0.25, 0.3) is 0 Å². The van der Waals surface area contributed by atoms with Gasteiger partial charge in [-0.2, -0.15) is 0 Å². The van der Waals surface area contributed by atoms with Gasteiger partial charge in [-0.25, -0.2) is 65.1 Å². The molecule has 0 saturated carbocycles. The van der Waals surface area contributed by atoms with Crippen molar-refractivity contribution in [2.24, 2.45) is 30.0 Å². The van der Waals surface area contributed by atoms with Gasteiger partial charge in [-0.05, 0) is 48.5 Å². The van der Waals surface area contributed by atoms with Gasteiger partial charge in [-0.15, -0.1) is 0 Å². The Balaban J connectivity index is 1.52. The summed E-state index contributed by atoms with van der Waals surface area (Å²) in [5.41, 5.74) is -3.06. The number of aliphatic imine (C=N–C) groups is 4. The summed E-state index contributed by atoms with van der Waals surface area (Å²) in [4.78, 5) is 25.8. The second kappa shape index (κ2) is 9.64. The Kier molecular flexibility index (Phi) is 5.61. The largest absolute Gasteiger partial charge is 0.852 e. The molecule has 0 saturated heterocycles. The third kappa shape index (κ3) is 3.63. The number of benzene rings is 4. The molecule has 0 radical (unpaired) electrons. The summed E-state index contributed by atoms with van der Waals surface area (Å²) in [6.45, 7) is 0. The molecule has 0 spiro atoms. The number of nitrogens with zero attached hydrogens (tertiary/aromatic N) is 8. The summed E-state index contributed by atoms with van der Waals surface area (Å²) in [6.07, 6.45) is 0. The van der Waals surface area contributed by atoms with Crippen molar-refractivity contribution >= 4 is 71.6 Å². The van der Waals surface area contributed by atoms with E-state index >= 15 is 21.1 Å². The van der Waals surface area contributed by atoms with Gasteiger partial charge in [0, 0.05) is 21.5 Å². The van der Waals surface area contributed by atoms with Crippen LogP contribution in [0.2, 0.25) is 0 Å². The minimum atomic E-state index is -4.66. The fourth-order valence-corrected chi connectivity index (χ4v) is 8.48. The highest BCUT2D eigenvalue weighted by Gasteiger charge is 2.43. The summed E-state index contributed by atoms with van der Waals surface area (Å²) in [6, 6.07) is 5.83. The first kappa shape index (κ1) is 29.1. The Morgan fingerprint density at radius 1 is 0.380 bits per heavy atom. The van der Waals surface area contributed by atoms with E-state index in [-0.39, 0.29) is 21.5 Å². The minimum absolute atomic E-state index is 0.291. The molecule has 6 heterocycles. The van der Waals surface area contributed by atoms with Gasteiger partial charge in [-0.3, -0.25) is 0 Å². The Morgan fingerprint density at radius 2 is 0.700 bits per heavy atom. The lowest BCUT2D eigenvalue weighted by atomic mass is 10.1. The summed E-state index contributed by atoms with van der Waals surface area (Å²) in [5.74, 6) is -12.9. The number of rotatable bonds is 0. The number of fused-ring (bicyclic) bond motifs is 14. The molecule has 0 N–H and O–H groups in total. The molecule has 6 aromatic rings. The van der Waals surface area contributed by atoms with E-state index in [0.717, 1.165) is 31.4 Å². The minimum Gasteiger partial charge on any atom is -0.363 e. The molecule has 8 nitrogen and oxygen atoms in total. The van der Waals surface area contributed by atoms with Crippen molar-refractivity contribution in [3.05, 3.63) is 128 Å². The molecule has 0 amide bonds. The Hall–Kier alpha value is -5.86. The van der Waals surface area contributed by atoms with Crippen molar-refractivity contribution in [1.82, 2.24) is 7.10 Å². The van der Waals surface area contributed by atoms with Crippen LogP contribution in [-0.2, 0) is 0 Å². The highest BCUT2D eigenvalue weighted by Crippen LogP contribution is 2.42. The van der Waals surface area contributed by atoms with Crippen LogP contribution in [0.25, 0.3) is 21.5 Å². The summed E-state index contributed by atoms with van der Waals surface area (Å²) in [5, 5.41) is -1.16. The highest BCUT2D eigenvalue weighted by molar-refractivity contribution is 6.50. The maximum Gasteiger partial charge on any atom is 0.852 e. The first-order chi connectivity index (χ1) is 24.0. The molecule has 242 valence electrons. The van der Waals surface area contributed by atoms with E-state index in [9.17, 15) is 17.6 Å². The zero-order chi connectivity index (χ0) is 34.5. The van der Waals surface area contributed by atoms with Crippen LogP contribution in [0.4, 0.5) is 50.3 Å². The predicted octanol–water partition coefficient (Wildman–Crippen LogP) is 6.00. The van der Waals surface area contributed by atoms with Crippen molar-refractivity contribution in [1.29, 1.82) is 0 Å². The van der Waals surface area contributed by atoms with Crippen LogP contribution in [0.3, 0.4) is 0 Å². The maximum atomic E-state index is 17.8. The standard InChI is InChI=1S/C32H8F8N8.Al.FH/c33-13-1-2-14(34)22-21(13)29-43-25-9-5-17(37)18(38)6-10(9)27(41-25)45-31-23-15(35)3-4-16(36)24(23)32(48-31)46-28-12-8-20(40)19(39)7-11(12)26(42-28)44-30(22)47-29;;/h1-8H;;1H/q-2;+3;/p-1. The van der Waals surface area contributed by atoms with Gasteiger partial charge < -0.3 is 10.6 Å². The van der Waals surface area contributed by atoms with Crippen molar-refractivity contribution in [2.45, 2.75) is 0 Å². The van der Waals surface area contributed by atoms with Crippen molar-refractivity contribution in [3.63, 3.8) is 0 Å². The van der Waals surface area contributed by atoms with E-state index < -0.39 is 130 Å². The molecule has 18 heteroatoms. The molecule has 0 aliphatic carbocycles. The molecule has 0 atom stereocenters. The van der Waals surface area contributed by atoms with Crippen molar-refractivity contribution in [2.75, 3.05) is 0 Å². The zero-order valence-electron chi connectivity index (χ0n) is 24.2. The fraction of sp³-hybridized carbons (Fsp3) is 0. The first-order valence-corrected chi connectivity index (χ1v) is 15.9. The SMILES string of the molecule is Fc1cc2c3[n]4c(c2cc1F)N=C1N=C(N=c2c5cc(F)c(F)cc5c([n]2[Al]4[F])=NC2=NC(=N3)c3c(F)ccc(F)c32)c2c(F)ccc(F)c21. The van der Waals surface area contributed by atoms with E-state index in [1.54, 1.807) is 0 Å². The Morgan fingerprint density at radius 3 is 1.06 bits per heavy atom. The molecule has 0 unspecified atom stereocenters. The molecule has 50 heavy (non-hydrogen) atoms. The third-order valence-corrected chi connectivity index (χ3v) is 10.6. The Bertz CT molecular complexity index is 2750. The lowest BCUT2D eigenvalue weighted by molar-refractivity contribution is 0.511. The Labute approximate surface area is 275 Å². The van der Waals surface area contributed by atoms with Crippen LogP contribution in [0.5, 0.6) is 0 Å². The van der Waals surface area contributed by atoms with Crippen LogP contribution in [0.1, 0.15) is 22.3 Å². The number of hydrogen-bond donors (Lipinski definition) is 0. The molecule has 0 fully saturated rings. The molecule has 6 bridgehead atoms. The lowest BCUT2D eigenvalue weighted by Crippen LogP contribution is -2.44. The van der Waals surface area contributed by atoms with Gasteiger partial charge >= 0.3 is 15.0 Å². The molecule has 4 aromatic carbocycles. The zero-order valence-corrected chi connectivity index (χ0v) is 25.3. The fourth-order valence-electron chi connectivity index (χ4n) is 6.66. The molecule has 4 aliphatic heterocycles. The van der Waals surface area contributed by atoms with Crippen molar-refractivity contribution < 1.29 is 38.6 Å². The molecule has 4 aliphatic rings. The quantitative estimate of drug-likeness (QED) is 0.138. The summed E-state index contributed by atoms with van der Waals surface area (Å²) < 4.78 is 141. The first-order valence-electron chi connectivity index (χ1n) is 14.5. The molecule has 10 rings (SSSR count). The smallest absolute Gasteiger partial charge is 0.363 e. The number of halogens is 9. The monoisotopic (exact) mass is 702 g/mol. The second-order valence-corrected chi connectivity index (χ2v) is 13.1. The van der Waals surface area contributed by atoms with Gasteiger partial charge in [0.05, 0.1) is 22.3 Å². The van der Waals surface area contributed by atoms with E-state index in [1.807, 2.05) is 0 Å².